The van der Waals surface area contributed by atoms with E-state index in [9.17, 15) is 0 Å². The highest BCUT2D eigenvalue weighted by Gasteiger charge is 2.14. The van der Waals surface area contributed by atoms with E-state index < -0.39 is 0 Å². The van der Waals surface area contributed by atoms with Crippen LogP contribution in [0, 0.1) is 5.92 Å². The lowest BCUT2D eigenvalue weighted by atomic mass is 10.2. The van der Waals surface area contributed by atoms with Crippen molar-refractivity contribution in [2.75, 3.05) is 19.8 Å². The van der Waals surface area contributed by atoms with Crippen molar-refractivity contribution in [1.82, 2.24) is 5.32 Å². The molecule has 1 unspecified atom stereocenters. The first-order valence-electron chi connectivity index (χ1n) is 7.78. The summed E-state index contributed by atoms with van der Waals surface area (Å²) >= 11 is 0. The number of rotatable bonds is 8. The lowest BCUT2D eigenvalue weighted by Gasteiger charge is -2.12. The maximum Gasteiger partial charge on any atom is 0.119 e. The predicted molar refractivity (Wildman–Crippen MR) is 82.1 cm³/mol. The van der Waals surface area contributed by atoms with Crippen LogP contribution in [-0.4, -0.2) is 25.9 Å². The Labute approximate surface area is 122 Å². The molecule has 1 saturated heterocycles. The summed E-state index contributed by atoms with van der Waals surface area (Å²) in [6.07, 6.45) is 3.78. The largest absolute Gasteiger partial charge is 0.493 e. The quantitative estimate of drug-likeness (QED) is 0.790. The van der Waals surface area contributed by atoms with Gasteiger partial charge < -0.3 is 14.8 Å². The van der Waals surface area contributed by atoms with Crippen molar-refractivity contribution in [3.8, 4) is 5.75 Å². The zero-order valence-electron chi connectivity index (χ0n) is 12.7. The Kier molecular flexibility index (Phi) is 6.34. The van der Waals surface area contributed by atoms with E-state index >= 15 is 0 Å². The molecular weight excluding hydrogens is 250 g/mol. The van der Waals surface area contributed by atoms with Gasteiger partial charge in [-0.2, -0.15) is 0 Å². The Morgan fingerprint density at radius 1 is 1.40 bits per heavy atom. The fourth-order valence-corrected chi connectivity index (χ4v) is 2.43. The molecule has 20 heavy (non-hydrogen) atoms. The third-order valence-electron chi connectivity index (χ3n) is 3.51. The molecule has 1 N–H and O–H groups in total. The molecule has 3 heteroatoms. The van der Waals surface area contributed by atoms with E-state index in [1.165, 1.54) is 18.4 Å². The highest BCUT2D eigenvalue weighted by Crippen LogP contribution is 2.17. The van der Waals surface area contributed by atoms with Crippen molar-refractivity contribution in [3.63, 3.8) is 0 Å². The minimum Gasteiger partial charge on any atom is -0.493 e. The van der Waals surface area contributed by atoms with Gasteiger partial charge in [0, 0.05) is 19.6 Å². The average Bonchev–Trinajstić information content (AvgIpc) is 2.92. The summed E-state index contributed by atoms with van der Waals surface area (Å²) in [6.45, 7) is 8.05. The van der Waals surface area contributed by atoms with Gasteiger partial charge in [0.25, 0.3) is 0 Å². The second kappa shape index (κ2) is 8.28. The zero-order valence-corrected chi connectivity index (χ0v) is 12.7. The lowest BCUT2D eigenvalue weighted by Crippen LogP contribution is -2.18. The van der Waals surface area contributed by atoms with Gasteiger partial charge in [0.15, 0.2) is 0 Å². The first-order chi connectivity index (χ1) is 9.74. The summed E-state index contributed by atoms with van der Waals surface area (Å²) in [5.41, 5.74) is 1.28. The molecule has 0 radical (unpaired) electrons. The monoisotopic (exact) mass is 277 g/mol. The van der Waals surface area contributed by atoms with E-state index in [4.69, 9.17) is 9.47 Å². The van der Waals surface area contributed by atoms with Gasteiger partial charge in [0.2, 0.25) is 0 Å². The molecule has 0 aromatic heterocycles. The summed E-state index contributed by atoms with van der Waals surface area (Å²) in [6, 6.07) is 8.36. The molecular formula is C17H27NO2. The van der Waals surface area contributed by atoms with Gasteiger partial charge in [-0.15, -0.1) is 0 Å². The topological polar surface area (TPSA) is 30.5 Å². The summed E-state index contributed by atoms with van der Waals surface area (Å²) in [4.78, 5) is 0. The number of hydrogen-bond acceptors (Lipinski definition) is 3. The molecule has 1 fully saturated rings. The fraction of sp³-hybridized carbons (Fsp3) is 0.647. The van der Waals surface area contributed by atoms with Gasteiger partial charge >= 0.3 is 0 Å². The molecule has 0 bridgehead atoms. The van der Waals surface area contributed by atoms with Crippen LogP contribution >= 0.6 is 0 Å². The standard InChI is InChI=1S/C17H27NO2/c1-14(2)12-18-13-15-5-3-6-17(11-15)20-10-8-16-7-4-9-19-16/h3,5-6,11,14,16,18H,4,7-10,12-13H2,1-2H3. The number of hydrogen-bond donors (Lipinski definition) is 1. The molecule has 1 aliphatic heterocycles. The summed E-state index contributed by atoms with van der Waals surface area (Å²) < 4.78 is 11.4. The molecule has 2 rings (SSSR count). The molecule has 1 aromatic rings. The van der Waals surface area contributed by atoms with Crippen LogP contribution in [0.2, 0.25) is 0 Å². The second-order valence-corrected chi connectivity index (χ2v) is 5.94. The first-order valence-corrected chi connectivity index (χ1v) is 7.78. The Morgan fingerprint density at radius 3 is 3.05 bits per heavy atom. The highest BCUT2D eigenvalue weighted by molar-refractivity contribution is 5.28. The lowest BCUT2D eigenvalue weighted by molar-refractivity contribution is 0.0903. The van der Waals surface area contributed by atoms with E-state index in [-0.39, 0.29) is 0 Å². The number of benzene rings is 1. The van der Waals surface area contributed by atoms with Crippen molar-refractivity contribution in [3.05, 3.63) is 29.8 Å². The fourth-order valence-electron chi connectivity index (χ4n) is 2.43. The van der Waals surface area contributed by atoms with Crippen LogP contribution in [0.3, 0.4) is 0 Å². The second-order valence-electron chi connectivity index (χ2n) is 5.94. The predicted octanol–water partition coefficient (Wildman–Crippen LogP) is 3.38. The van der Waals surface area contributed by atoms with Gasteiger partial charge in [-0.25, -0.2) is 0 Å². The Bertz CT molecular complexity index is 386. The highest BCUT2D eigenvalue weighted by atomic mass is 16.5. The van der Waals surface area contributed by atoms with Gasteiger partial charge in [-0.05, 0) is 43.0 Å². The zero-order chi connectivity index (χ0) is 14.2. The van der Waals surface area contributed by atoms with Crippen LogP contribution in [0.4, 0.5) is 0 Å². The molecule has 1 heterocycles. The molecule has 0 amide bonds. The maximum atomic E-state index is 5.83. The minimum absolute atomic E-state index is 0.408. The van der Waals surface area contributed by atoms with Crippen LogP contribution in [0.5, 0.6) is 5.75 Å². The SMILES string of the molecule is CC(C)CNCc1cccc(OCCC2CCCO2)c1. The van der Waals surface area contributed by atoms with Crippen molar-refractivity contribution < 1.29 is 9.47 Å². The summed E-state index contributed by atoms with van der Waals surface area (Å²) in [5, 5.41) is 3.45. The first kappa shape index (κ1) is 15.3. The van der Waals surface area contributed by atoms with Gasteiger partial charge in [-0.1, -0.05) is 26.0 Å². The molecule has 3 nitrogen and oxygen atoms in total. The number of nitrogens with one attached hydrogen (secondary N) is 1. The molecule has 0 spiro atoms. The minimum atomic E-state index is 0.408. The van der Waals surface area contributed by atoms with E-state index in [2.05, 4.69) is 37.4 Å². The Balaban J connectivity index is 1.71. The van der Waals surface area contributed by atoms with E-state index in [1.807, 2.05) is 6.07 Å². The molecule has 112 valence electrons. The van der Waals surface area contributed by atoms with Gasteiger partial charge in [-0.3, -0.25) is 0 Å². The third kappa shape index (κ3) is 5.51. The van der Waals surface area contributed by atoms with E-state index in [1.54, 1.807) is 0 Å². The van der Waals surface area contributed by atoms with Gasteiger partial charge in [0.05, 0.1) is 12.7 Å². The van der Waals surface area contributed by atoms with Crippen molar-refractivity contribution in [2.24, 2.45) is 5.92 Å². The Morgan fingerprint density at radius 2 is 2.30 bits per heavy atom. The Hall–Kier alpha value is -1.06. The van der Waals surface area contributed by atoms with Crippen molar-refractivity contribution in [2.45, 2.75) is 45.8 Å². The molecule has 0 saturated carbocycles. The molecule has 0 aliphatic carbocycles. The summed E-state index contributed by atoms with van der Waals surface area (Å²) in [5.74, 6) is 1.65. The normalized spacial score (nSPS) is 18.6. The van der Waals surface area contributed by atoms with E-state index in [0.717, 1.165) is 38.5 Å². The summed E-state index contributed by atoms with van der Waals surface area (Å²) in [7, 11) is 0. The van der Waals surface area contributed by atoms with Crippen LogP contribution < -0.4 is 10.1 Å². The third-order valence-corrected chi connectivity index (χ3v) is 3.51. The smallest absolute Gasteiger partial charge is 0.119 e. The van der Waals surface area contributed by atoms with E-state index in [0.29, 0.717) is 12.0 Å². The molecule has 1 atom stereocenters. The van der Waals surface area contributed by atoms with Crippen LogP contribution in [0.1, 0.15) is 38.7 Å². The molecule has 1 aliphatic rings. The average molecular weight is 277 g/mol. The van der Waals surface area contributed by atoms with Crippen LogP contribution in [0.15, 0.2) is 24.3 Å². The van der Waals surface area contributed by atoms with Crippen molar-refractivity contribution >= 4 is 0 Å². The molecule has 1 aromatic carbocycles. The van der Waals surface area contributed by atoms with Crippen LogP contribution in [-0.2, 0) is 11.3 Å². The maximum absolute atomic E-state index is 5.83. The van der Waals surface area contributed by atoms with Gasteiger partial charge in [0.1, 0.15) is 5.75 Å². The van der Waals surface area contributed by atoms with Crippen molar-refractivity contribution in [1.29, 1.82) is 0 Å². The van der Waals surface area contributed by atoms with Crippen LogP contribution in [0.25, 0.3) is 0 Å². The number of ether oxygens (including phenoxy) is 2.